The van der Waals surface area contributed by atoms with Crippen molar-refractivity contribution >= 4 is 30.7 Å². The van der Waals surface area contributed by atoms with Gasteiger partial charge in [-0.2, -0.15) is 0 Å². The van der Waals surface area contributed by atoms with E-state index in [-0.39, 0.29) is 42.7 Å². The minimum Gasteiger partial charge on any atom is -0.342 e. The Morgan fingerprint density at radius 1 is 1.37 bits per heavy atom. The predicted octanol–water partition coefficient (Wildman–Crippen LogP) is 1.75. The van der Waals surface area contributed by atoms with Crippen LogP contribution >= 0.6 is 24.8 Å². The van der Waals surface area contributed by atoms with Gasteiger partial charge in [0.05, 0.1) is 5.92 Å². The van der Waals surface area contributed by atoms with E-state index in [2.05, 4.69) is 18.9 Å². The lowest BCUT2D eigenvalue weighted by Crippen LogP contribution is -2.50. The number of carbonyl (C=O) groups is 1. The van der Waals surface area contributed by atoms with Gasteiger partial charge >= 0.3 is 0 Å². The Bertz CT molecular complexity index is 277. The van der Waals surface area contributed by atoms with Gasteiger partial charge in [0.25, 0.3) is 0 Å². The van der Waals surface area contributed by atoms with Crippen molar-refractivity contribution < 1.29 is 4.79 Å². The molecule has 6 heteroatoms. The van der Waals surface area contributed by atoms with Gasteiger partial charge in [-0.15, -0.1) is 24.8 Å². The Hall–Kier alpha value is -0.0300. The van der Waals surface area contributed by atoms with Crippen LogP contribution in [0.1, 0.15) is 33.6 Å². The largest absolute Gasteiger partial charge is 0.342 e. The maximum atomic E-state index is 12.2. The highest BCUT2D eigenvalue weighted by molar-refractivity contribution is 5.85. The summed E-state index contributed by atoms with van der Waals surface area (Å²) in [5.41, 5.74) is 5.80. The van der Waals surface area contributed by atoms with Crippen LogP contribution in [0.5, 0.6) is 0 Å². The van der Waals surface area contributed by atoms with E-state index in [0.29, 0.717) is 12.1 Å². The molecule has 0 bridgehead atoms. The predicted molar refractivity (Wildman–Crippen MR) is 85.2 cm³/mol. The second-order valence-electron chi connectivity index (χ2n) is 5.60. The average Bonchev–Trinajstić information content (AvgIpc) is 2.29. The number of hydrogen-bond donors (Lipinski definition) is 1. The number of nitrogens with two attached hydrogens (primary N) is 1. The summed E-state index contributed by atoms with van der Waals surface area (Å²) in [5, 5.41) is 0. The number of nitrogens with zero attached hydrogens (tertiary/aromatic N) is 2. The highest BCUT2D eigenvalue weighted by Crippen LogP contribution is 2.21. The van der Waals surface area contributed by atoms with Gasteiger partial charge in [-0.05, 0) is 33.7 Å². The van der Waals surface area contributed by atoms with Crippen LogP contribution in [0.4, 0.5) is 0 Å². The molecule has 4 nitrogen and oxygen atoms in total. The second kappa shape index (κ2) is 9.01. The number of rotatable bonds is 3. The molecule has 0 aliphatic carbocycles. The Balaban J connectivity index is 0. The van der Waals surface area contributed by atoms with E-state index in [4.69, 9.17) is 5.73 Å². The summed E-state index contributed by atoms with van der Waals surface area (Å²) in [6.45, 7) is 7.10. The normalized spacial score (nSPS) is 26.6. The molecule has 1 aliphatic heterocycles. The molecule has 19 heavy (non-hydrogen) atoms. The molecule has 116 valence electrons. The van der Waals surface area contributed by atoms with Crippen LogP contribution in [0, 0.1) is 5.92 Å². The standard InChI is InChI=1S/C13H27N3O.2ClH/c1-9-8-12(6-7-15(9)4)16(5)13(17)10(2)11(3)14;;/h9-12H,6-8,14H2,1-5H3;2*1H. The zero-order valence-electron chi connectivity index (χ0n) is 12.6. The van der Waals surface area contributed by atoms with Crippen LogP contribution in [-0.2, 0) is 4.79 Å². The van der Waals surface area contributed by atoms with Gasteiger partial charge in [-0.25, -0.2) is 0 Å². The molecule has 0 aromatic heterocycles. The van der Waals surface area contributed by atoms with E-state index in [0.717, 1.165) is 19.4 Å². The van der Waals surface area contributed by atoms with E-state index < -0.39 is 0 Å². The van der Waals surface area contributed by atoms with Crippen molar-refractivity contribution in [3.05, 3.63) is 0 Å². The maximum absolute atomic E-state index is 12.2. The fraction of sp³-hybridized carbons (Fsp3) is 0.923. The molecule has 1 rings (SSSR count). The summed E-state index contributed by atoms with van der Waals surface area (Å²) in [6.07, 6.45) is 2.12. The molecule has 0 radical (unpaired) electrons. The Labute approximate surface area is 129 Å². The number of halogens is 2. The topological polar surface area (TPSA) is 49.6 Å². The highest BCUT2D eigenvalue weighted by atomic mass is 35.5. The third-order valence-electron chi connectivity index (χ3n) is 4.25. The first kappa shape index (κ1) is 21.3. The van der Waals surface area contributed by atoms with Gasteiger partial charge in [0.15, 0.2) is 0 Å². The first-order chi connectivity index (χ1) is 7.84. The van der Waals surface area contributed by atoms with Gasteiger partial charge in [-0.3, -0.25) is 4.79 Å². The third kappa shape index (κ3) is 5.46. The summed E-state index contributed by atoms with van der Waals surface area (Å²) < 4.78 is 0. The minimum atomic E-state index is -0.0880. The molecule has 1 heterocycles. The lowest BCUT2D eigenvalue weighted by molar-refractivity contribution is -0.137. The lowest BCUT2D eigenvalue weighted by atomic mass is 9.95. The smallest absolute Gasteiger partial charge is 0.226 e. The molecular formula is C13H29Cl2N3O. The lowest BCUT2D eigenvalue weighted by Gasteiger charge is -2.40. The van der Waals surface area contributed by atoms with Crippen molar-refractivity contribution in [3.63, 3.8) is 0 Å². The van der Waals surface area contributed by atoms with Crippen molar-refractivity contribution in [2.45, 2.75) is 51.7 Å². The minimum absolute atomic E-state index is 0. The molecule has 0 saturated carbocycles. The molecule has 1 saturated heterocycles. The molecular weight excluding hydrogens is 285 g/mol. The second-order valence-corrected chi connectivity index (χ2v) is 5.60. The Morgan fingerprint density at radius 3 is 2.32 bits per heavy atom. The van der Waals surface area contributed by atoms with Gasteiger partial charge in [0.1, 0.15) is 0 Å². The van der Waals surface area contributed by atoms with Crippen molar-refractivity contribution in [1.82, 2.24) is 9.80 Å². The zero-order valence-corrected chi connectivity index (χ0v) is 14.3. The van der Waals surface area contributed by atoms with Crippen molar-refractivity contribution in [2.24, 2.45) is 11.7 Å². The number of carbonyl (C=O) groups excluding carboxylic acids is 1. The van der Waals surface area contributed by atoms with Gasteiger partial charge < -0.3 is 15.5 Å². The fourth-order valence-electron chi connectivity index (χ4n) is 2.34. The van der Waals surface area contributed by atoms with Crippen molar-refractivity contribution in [1.29, 1.82) is 0 Å². The average molecular weight is 314 g/mol. The van der Waals surface area contributed by atoms with Crippen LogP contribution in [0.25, 0.3) is 0 Å². The van der Waals surface area contributed by atoms with Gasteiger partial charge in [-0.1, -0.05) is 6.92 Å². The molecule has 0 spiro atoms. The summed E-state index contributed by atoms with van der Waals surface area (Å²) >= 11 is 0. The van der Waals surface area contributed by atoms with Crippen LogP contribution in [0.3, 0.4) is 0 Å². The monoisotopic (exact) mass is 313 g/mol. The van der Waals surface area contributed by atoms with E-state index in [1.54, 1.807) is 0 Å². The van der Waals surface area contributed by atoms with Crippen LogP contribution in [0.2, 0.25) is 0 Å². The highest BCUT2D eigenvalue weighted by Gasteiger charge is 2.30. The Kier molecular flexibility index (Phi) is 10.1. The molecule has 2 N–H and O–H groups in total. The van der Waals surface area contributed by atoms with Crippen molar-refractivity contribution in [3.8, 4) is 0 Å². The summed E-state index contributed by atoms with van der Waals surface area (Å²) in [6, 6.07) is 0.846. The van der Waals surface area contributed by atoms with E-state index in [1.807, 2.05) is 25.8 Å². The van der Waals surface area contributed by atoms with E-state index >= 15 is 0 Å². The molecule has 4 unspecified atom stereocenters. The Morgan fingerprint density at radius 2 is 1.89 bits per heavy atom. The van der Waals surface area contributed by atoms with Crippen LogP contribution in [-0.4, -0.2) is 54.5 Å². The first-order valence-electron chi connectivity index (χ1n) is 6.57. The van der Waals surface area contributed by atoms with Crippen molar-refractivity contribution in [2.75, 3.05) is 20.6 Å². The van der Waals surface area contributed by atoms with Gasteiger partial charge in [0, 0.05) is 31.7 Å². The molecule has 1 aliphatic rings. The molecule has 1 fully saturated rings. The molecule has 1 amide bonds. The third-order valence-corrected chi connectivity index (χ3v) is 4.25. The first-order valence-corrected chi connectivity index (χ1v) is 6.57. The maximum Gasteiger partial charge on any atom is 0.226 e. The molecule has 0 aromatic carbocycles. The van der Waals surface area contributed by atoms with Crippen LogP contribution in [0.15, 0.2) is 0 Å². The number of piperidine rings is 1. The SMILES string of the molecule is CC(N)C(C)C(=O)N(C)C1CCN(C)C(C)C1.Cl.Cl. The van der Waals surface area contributed by atoms with Crippen LogP contribution < -0.4 is 5.73 Å². The molecule has 4 atom stereocenters. The number of amides is 1. The number of hydrogen-bond acceptors (Lipinski definition) is 3. The summed E-state index contributed by atoms with van der Waals surface area (Å²) in [4.78, 5) is 16.5. The zero-order chi connectivity index (χ0) is 13.2. The van der Waals surface area contributed by atoms with Gasteiger partial charge in [0.2, 0.25) is 5.91 Å². The molecule has 0 aromatic rings. The van der Waals surface area contributed by atoms with E-state index in [9.17, 15) is 4.79 Å². The van der Waals surface area contributed by atoms with E-state index in [1.165, 1.54) is 0 Å². The number of likely N-dealkylation sites (tertiary alicyclic amines) is 1. The quantitative estimate of drug-likeness (QED) is 0.863. The summed E-state index contributed by atoms with van der Waals surface area (Å²) in [7, 11) is 4.07. The fourth-order valence-corrected chi connectivity index (χ4v) is 2.34. The summed E-state index contributed by atoms with van der Waals surface area (Å²) in [5.74, 6) is 0.0942.